The van der Waals surface area contributed by atoms with E-state index in [0.29, 0.717) is 25.9 Å². The molecule has 130 valence electrons. The standard InChI is InChI=1S/C20H21FN2O2/c1-14-6-2-5-9-18(14)22-19(24)15-10-12-23(13-11-15)20(25)16-7-3-4-8-17(16)21/h2-9,15H,10-13H2,1H3,(H,22,24). The lowest BCUT2D eigenvalue weighted by molar-refractivity contribution is -0.121. The fourth-order valence-corrected chi connectivity index (χ4v) is 3.10. The summed E-state index contributed by atoms with van der Waals surface area (Å²) < 4.78 is 13.8. The van der Waals surface area contributed by atoms with Gasteiger partial charge in [-0.3, -0.25) is 9.59 Å². The molecule has 1 heterocycles. The van der Waals surface area contributed by atoms with E-state index in [0.717, 1.165) is 11.3 Å². The second kappa shape index (κ2) is 7.47. The number of hydrogen-bond donors (Lipinski definition) is 1. The van der Waals surface area contributed by atoms with Crippen LogP contribution < -0.4 is 5.32 Å². The van der Waals surface area contributed by atoms with Crippen LogP contribution in [-0.4, -0.2) is 29.8 Å². The van der Waals surface area contributed by atoms with Crippen LogP contribution in [0.4, 0.5) is 10.1 Å². The van der Waals surface area contributed by atoms with Gasteiger partial charge in [-0.25, -0.2) is 4.39 Å². The van der Waals surface area contributed by atoms with Crippen molar-refractivity contribution in [1.29, 1.82) is 0 Å². The van der Waals surface area contributed by atoms with Gasteiger partial charge in [0.05, 0.1) is 5.56 Å². The number of benzene rings is 2. The molecule has 5 heteroatoms. The number of rotatable bonds is 3. The van der Waals surface area contributed by atoms with E-state index in [9.17, 15) is 14.0 Å². The second-order valence-electron chi connectivity index (χ2n) is 6.35. The predicted molar refractivity (Wildman–Crippen MR) is 94.8 cm³/mol. The highest BCUT2D eigenvalue weighted by atomic mass is 19.1. The molecule has 3 rings (SSSR count). The molecule has 1 N–H and O–H groups in total. The summed E-state index contributed by atoms with van der Waals surface area (Å²) in [5, 5.41) is 2.96. The molecule has 2 amide bonds. The summed E-state index contributed by atoms with van der Waals surface area (Å²) in [6.45, 7) is 2.86. The number of nitrogens with zero attached hydrogens (tertiary/aromatic N) is 1. The van der Waals surface area contributed by atoms with Gasteiger partial charge in [0.15, 0.2) is 0 Å². The summed E-state index contributed by atoms with van der Waals surface area (Å²) in [4.78, 5) is 26.5. The zero-order chi connectivity index (χ0) is 17.8. The van der Waals surface area contributed by atoms with Crippen LogP contribution in [0.2, 0.25) is 0 Å². The number of carbonyl (C=O) groups is 2. The first-order chi connectivity index (χ1) is 12.1. The molecule has 0 saturated carbocycles. The van der Waals surface area contributed by atoms with Crippen molar-refractivity contribution in [3.05, 3.63) is 65.5 Å². The van der Waals surface area contributed by atoms with Gasteiger partial charge < -0.3 is 10.2 Å². The van der Waals surface area contributed by atoms with Crippen LogP contribution in [0.15, 0.2) is 48.5 Å². The number of hydrogen-bond acceptors (Lipinski definition) is 2. The van der Waals surface area contributed by atoms with Gasteiger partial charge in [0.2, 0.25) is 5.91 Å². The molecule has 0 atom stereocenters. The first kappa shape index (κ1) is 17.1. The summed E-state index contributed by atoms with van der Waals surface area (Å²) in [6, 6.07) is 13.6. The van der Waals surface area contributed by atoms with Gasteiger partial charge in [-0.2, -0.15) is 0 Å². The third kappa shape index (κ3) is 3.87. The lowest BCUT2D eigenvalue weighted by Gasteiger charge is -2.31. The van der Waals surface area contributed by atoms with Crippen molar-refractivity contribution in [3.8, 4) is 0 Å². The normalized spacial score (nSPS) is 15.0. The number of amides is 2. The summed E-state index contributed by atoms with van der Waals surface area (Å²) in [7, 11) is 0. The molecule has 0 aliphatic carbocycles. The topological polar surface area (TPSA) is 49.4 Å². The number of halogens is 1. The summed E-state index contributed by atoms with van der Waals surface area (Å²) >= 11 is 0. The van der Waals surface area contributed by atoms with Crippen molar-refractivity contribution >= 4 is 17.5 Å². The smallest absolute Gasteiger partial charge is 0.256 e. The first-order valence-electron chi connectivity index (χ1n) is 8.46. The molecule has 0 unspecified atom stereocenters. The van der Waals surface area contributed by atoms with Gasteiger partial charge >= 0.3 is 0 Å². The lowest BCUT2D eigenvalue weighted by Crippen LogP contribution is -2.41. The van der Waals surface area contributed by atoms with Gasteiger partial charge in [0, 0.05) is 24.7 Å². The highest BCUT2D eigenvalue weighted by Crippen LogP contribution is 2.22. The highest BCUT2D eigenvalue weighted by Gasteiger charge is 2.28. The van der Waals surface area contributed by atoms with Crippen molar-refractivity contribution in [1.82, 2.24) is 4.90 Å². The monoisotopic (exact) mass is 340 g/mol. The summed E-state index contributed by atoms with van der Waals surface area (Å²) in [5.41, 5.74) is 1.92. The Morgan fingerprint density at radius 1 is 1.04 bits per heavy atom. The predicted octanol–water partition coefficient (Wildman–Crippen LogP) is 3.63. The maximum Gasteiger partial charge on any atom is 0.256 e. The van der Waals surface area contributed by atoms with Crippen LogP contribution in [0.1, 0.15) is 28.8 Å². The van der Waals surface area contributed by atoms with E-state index in [1.54, 1.807) is 17.0 Å². The van der Waals surface area contributed by atoms with Crippen LogP contribution in [0.5, 0.6) is 0 Å². The maximum atomic E-state index is 13.8. The van der Waals surface area contributed by atoms with Crippen LogP contribution in [0.25, 0.3) is 0 Å². The number of para-hydroxylation sites is 1. The Labute approximate surface area is 146 Å². The minimum absolute atomic E-state index is 0.0210. The molecule has 0 bridgehead atoms. The third-order valence-corrected chi connectivity index (χ3v) is 4.66. The van der Waals surface area contributed by atoms with E-state index in [1.165, 1.54) is 12.1 Å². The van der Waals surface area contributed by atoms with Crippen molar-refractivity contribution < 1.29 is 14.0 Å². The Hall–Kier alpha value is -2.69. The van der Waals surface area contributed by atoms with Crippen LogP contribution >= 0.6 is 0 Å². The third-order valence-electron chi connectivity index (χ3n) is 4.66. The van der Waals surface area contributed by atoms with Crippen molar-refractivity contribution in [3.63, 3.8) is 0 Å². The number of carbonyl (C=O) groups excluding carboxylic acids is 2. The summed E-state index contributed by atoms with van der Waals surface area (Å²) in [6.07, 6.45) is 1.16. The maximum absolute atomic E-state index is 13.8. The van der Waals surface area contributed by atoms with E-state index in [1.807, 2.05) is 31.2 Å². The molecule has 2 aromatic carbocycles. The Balaban J connectivity index is 1.58. The fourth-order valence-electron chi connectivity index (χ4n) is 3.10. The fraction of sp³-hybridized carbons (Fsp3) is 0.300. The minimum atomic E-state index is -0.507. The number of piperidine rings is 1. The molecule has 0 spiro atoms. The average molecular weight is 340 g/mol. The Morgan fingerprint density at radius 3 is 2.36 bits per heavy atom. The molecule has 1 saturated heterocycles. The molecular formula is C20H21FN2O2. The van der Waals surface area contributed by atoms with Gasteiger partial charge in [0.1, 0.15) is 5.82 Å². The van der Waals surface area contributed by atoms with Crippen LogP contribution in [-0.2, 0) is 4.79 Å². The molecule has 4 nitrogen and oxygen atoms in total. The molecule has 0 radical (unpaired) electrons. The molecular weight excluding hydrogens is 319 g/mol. The molecule has 1 fully saturated rings. The van der Waals surface area contributed by atoms with E-state index < -0.39 is 5.82 Å². The van der Waals surface area contributed by atoms with Gasteiger partial charge in [-0.15, -0.1) is 0 Å². The van der Waals surface area contributed by atoms with E-state index >= 15 is 0 Å². The van der Waals surface area contributed by atoms with Crippen molar-refractivity contribution in [2.75, 3.05) is 18.4 Å². The van der Waals surface area contributed by atoms with E-state index in [2.05, 4.69) is 5.32 Å². The van der Waals surface area contributed by atoms with Gasteiger partial charge in [-0.1, -0.05) is 30.3 Å². The van der Waals surface area contributed by atoms with Crippen LogP contribution in [0, 0.1) is 18.7 Å². The van der Waals surface area contributed by atoms with Crippen molar-refractivity contribution in [2.45, 2.75) is 19.8 Å². The molecule has 1 aliphatic rings. The molecule has 0 aromatic heterocycles. The van der Waals surface area contributed by atoms with Crippen LogP contribution in [0.3, 0.4) is 0 Å². The zero-order valence-corrected chi connectivity index (χ0v) is 14.2. The molecule has 25 heavy (non-hydrogen) atoms. The Bertz CT molecular complexity index is 783. The molecule has 1 aliphatic heterocycles. The number of aryl methyl sites for hydroxylation is 1. The number of nitrogens with one attached hydrogen (secondary N) is 1. The highest BCUT2D eigenvalue weighted by molar-refractivity contribution is 5.95. The molecule has 2 aromatic rings. The van der Waals surface area contributed by atoms with E-state index in [-0.39, 0.29) is 23.3 Å². The largest absolute Gasteiger partial charge is 0.339 e. The average Bonchev–Trinajstić information content (AvgIpc) is 2.63. The Morgan fingerprint density at radius 2 is 1.68 bits per heavy atom. The minimum Gasteiger partial charge on any atom is -0.339 e. The quantitative estimate of drug-likeness (QED) is 0.928. The van der Waals surface area contributed by atoms with Crippen molar-refractivity contribution in [2.24, 2.45) is 5.92 Å². The first-order valence-corrected chi connectivity index (χ1v) is 8.46. The van der Waals surface area contributed by atoms with Gasteiger partial charge in [-0.05, 0) is 43.5 Å². The number of likely N-dealkylation sites (tertiary alicyclic amines) is 1. The number of anilines is 1. The second-order valence-corrected chi connectivity index (χ2v) is 6.35. The van der Waals surface area contributed by atoms with Gasteiger partial charge in [0.25, 0.3) is 5.91 Å². The van der Waals surface area contributed by atoms with E-state index in [4.69, 9.17) is 0 Å². The lowest BCUT2D eigenvalue weighted by atomic mass is 9.95. The zero-order valence-electron chi connectivity index (χ0n) is 14.2. The summed E-state index contributed by atoms with van der Waals surface area (Å²) in [5.74, 6) is -0.973. The SMILES string of the molecule is Cc1ccccc1NC(=O)C1CCN(C(=O)c2ccccc2F)CC1. The Kier molecular flexibility index (Phi) is 5.12.